The number of sulfonamides is 1. The van der Waals surface area contributed by atoms with Gasteiger partial charge in [-0.25, -0.2) is 8.42 Å². The van der Waals surface area contributed by atoms with E-state index in [-0.39, 0.29) is 36.6 Å². The zero-order valence-corrected chi connectivity index (χ0v) is 24.5. The van der Waals surface area contributed by atoms with Crippen molar-refractivity contribution in [2.75, 3.05) is 53.3 Å². The van der Waals surface area contributed by atoms with Crippen LogP contribution in [-0.4, -0.2) is 88.0 Å². The van der Waals surface area contributed by atoms with Gasteiger partial charge in [0.1, 0.15) is 17.2 Å². The van der Waals surface area contributed by atoms with Crippen LogP contribution in [0.2, 0.25) is 0 Å². The third-order valence-corrected chi connectivity index (χ3v) is 8.84. The molecule has 218 valence electrons. The molecular formula is C30H40N2O7S. The lowest BCUT2D eigenvalue weighted by atomic mass is 10.0. The lowest BCUT2D eigenvalue weighted by Crippen LogP contribution is -2.51. The zero-order chi connectivity index (χ0) is 29.1. The van der Waals surface area contributed by atoms with Crippen LogP contribution in [0.4, 0.5) is 0 Å². The van der Waals surface area contributed by atoms with Crippen LogP contribution in [-0.2, 0) is 19.6 Å². The highest BCUT2D eigenvalue weighted by Crippen LogP contribution is 2.31. The number of hydrogen-bond acceptors (Lipinski definition) is 7. The Morgan fingerprint density at radius 2 is 1.70 bits per heavy atom. The van der Waals surface area contributed by atoms with Gasteiger partial charge in [-0.1, -0.05) is 44.1 Å². The van der Waals surface area contributed by atoms with Gasteiger partial charge in [0.15, 0.2) is 0 Å². The van der Waals surface area contributed by atoms with Crippen molar-refractivity contribution in [2.45, 2.75) is 32.3 Å². The number of rotatable bonds is 13. The molecule has 1 heterocycles. The Hall–Kier alpha value is -3.34. The first-order valence-electron chi connectivity index (χ1n) is 13.4. The van der Waals surface area contributed by atoms with Crippen LogP contribution < -0.4 is 9.47 Å². The molecule has 0 aliphatic carbocycles. The van der Waals surface area contributed by atoms with Crippen LogP contribution in [0.1, 0.15) is 42.9 Å². The zero-order valence-electron chi connectivity index (χ0n) is 23.7. The smallest absolute Gasteiger partial charge is 0.246 e. The molecule has 3 rings (SSSR count). The molecule has 0 spiro atoms. The molecule has 10 heteroatoms. The Kier molecular flexibility index (Phi) is 11.6. The number of hydrogen-bond donors (Lipinski definition) is 1. The summed E-state index contributed by atoms with van der Waals surface area (Å²) in [5.74, 6) is 1.08. The highest BCUT2D eigenvalue weighted by atomic mass is 32.2. The van der Waals surface area contributed by atoms with Gasteiger partial charge in [-0.2, -0.15) is 4.31 Å². The van der Waals surface area contributed by atoms with Crippen molar-refractivity contribution in [2.24, 2.45) is 0 Å². The van der Waals surface area contributed by atoms with Crippen LogP contribution in [0.25, 0.3) is 18.2 Å². The van der Waals surface area contributed by atoms with Crippen molar-refractivity contribution in [3.63, 3.8) is 0 Å². The van der Waals surface area contributed by atoms with Crippen molar-refractivity contribution in [1.29, 1.82) is 0 Å². The number of ether oxygens (including phenoxy) is 3. The number of aromatic hydroxyl groups is 1. The summed E-state index contributed by atoms with van der Waals surface area (Å²) in [4.78, 5) is 14.7. The van der Waals surface area contributed by atoms with E-state index in [2.05, 4.69) is 6.92 Å². The normalized spacial score (nSPS) is 15.6. The predicted octanol–water partition coefficient (Wildman–Crippen LogP) is 4.27. The van der Waals surface area contributed by atoms with Crippen molar-refractivity contribution in [1.82, 2.24) is 9.21 Å². The summed E-state index contributed by atoms with van der Waals surface area (Å²) in [7, 11) is 1.19. The second-order valence-corrected chi connectivity index (χ2v) is 11.6. The summed E-state index contributed by atoms with van der Waals surface area (Å²) in [6.07, 6.45) is 9.24. The van der Waals surface area contributed by atoms with E-state index in [0.717, 1.165) is 24.0 Å². The maximum Gasteiger partial charge on any atom is 0.246 e. The minimum atomic E-state index is -3.48. The third kappa shape index (κ3) is 8.58. The van der Waals surface area contributed by atoms with Gasteiger partial charge in [0, 0.05) is 51.0 Å². The van der Waals surface area contributed by atoms with Gasteiger partial charge in [-0.3, -0.25) is 4.79 Å². The Balaban J connectivity index is 1.71. The number of piperazine rings is 1. The molecule has 0 bridgehead atoms. The van der Waals surface area contributed by atoms with Crippen molar-refractivity contribution in [3.8, 4) is 17.2 Å². The summed E-state index contributed by atoms with van der Waals surface area (Å²) in [5, 5.41) is 9.54. The van der Waals surface area contributed by atoms with Crippen molar-refractivity contribution >= 4 is 34.2 Å². The van der Waals surface area contributed by atoms with Gasteiger partial charge in [0.25, 0.3) is 0 Å². The molecule has 2 aromatic carbocycles. The fourth-order valence-corrected chi connectivity index (χ4v) is 6.19. The molecular weight excluding hydrogens is 532 g/mol. The second-order valence-electron chi connectivity index (χ2n) is 9.59. The quantitative estimate of drug-likeness (QED) is 0.282. The first-order chi connectivity index (χ1) is 19.2. The van der Waals surface area contributed by atoms with Crippen LogP contribution >= 0.6 is 0 Å². The number of phenolic OH excluding ortho intramolecular Hbond substituents is 1. The fraction of sp³-hybridized carbons (Fsp3) is 0.433. The molecule has 9 nitrogen and oxygen atoms in total. The summed E-state index contributed by atoms with van der Waals surface area (Å²) >= 11 is 0. The van der Waals surface area contributed by atoms with Gasteiger partial charge >= 0.3 is 0 Å². The molecule has 40 heavy (non-hydrogen) atoms. The molecule has 1 aliphatic rings. The van der Waals surface area contributed by atoms with Gasteiger partial charge in [-0.15, -0.1) is 0 Å². The third-order valence-electron chi connectivity index (χ3n) is 6.90. The molecule has 1 amide bonds. The molecule has 2 aromatic rings. The van der Waals surface area contributed by atoms with Crippen molar-refractivity contribution < 1.29 is 32.5 Å². The lowest BCUT2D eigenvalue weighted by molar-refractivity contribution is -0.127. The van der Waals surface area contributed by atoms with E-state index in [1.165, 1.54) is 10.4 Å². The standard InChI is InChI=1S/C30H40N2O7S/c1-5-6-7-26(37-2)22-40(35,36)32-18-16-31(17-19-32)30(34)15-14-28-24(20-27(38-3)21-29(28)39-4)11-8-23-9-12-25(33)13-10-23/h8-15,20-21,26,33H,5-7,16-19,22H2,1-4H3/b11-8+,15-14+. The van der Waals surface area contributed by atoms with E-state index in [1.54, 1.807) is 62.6 Å². The lowest BCUT2D eigenvalue weighted by Gasteiger charge is -2.34. The van der Waals surface area contributed by atoms with Crippen LogP contribution in [0.5, 0.6) is 17.2 Å². The van der Waals surface area contributed by atoms with Crippen LogP contribution in [0, 0.1) is 0 Å². The Labute approximate surface area is 237 Å². The van der Waals surface area contributed by atoms with E-state index < -0.39 is 10.0 Å². The maximum atomic E-state index is 13.1. The van der Waals surface area contributed by atoms with Gasteiger partial charge in [-0.05, 0) is 41.8 Å². The Morgan fingerprint density at radius 3 is 2.30 bits per heavy atom. The number of carbonyl (C=O) groups excluding carboxylic acids is 1. The summed E-state index contributed by atoms with van der Waals surface area (Å²) in [6.45, 7) is 3.17. The number of methoxy groups -OCH3 is 3. The van der Waals surface area contributed by atoms with Crippen molar-refractivity contribution in [3.05, 3.63) is 59.2 Å². The molecule has 1 N–H and O–H groups in total. The largest absolute Gasteiger partial charge is 0.508 e. The molecule has 1 aliphatic heterocycles. The number of unbranched alkanes of at least 4 members (excludes halogenated alkanes) is 1. The first-order valence-corrected chi connectivity index (χ1v) is 15.0. The molecule has 1 unspecified atom stereocenters. The van der Waals surface area contributed by atoms with Gasteiger partial charge < -0.3 is 24.2 Å². The minimum Gasteiger partial charge on any atom is -0.508 e. The van der Waals surface area contributed by atoms with E-state index in [9.17, 15) is 18.3 Å². The van der Waals surface area contributed by atoms with E-state index in [1.807, 2.05) is 18.2 Å². The summed E-state index contributed by atoms with van der Waals surface area (Å²) in [5.41, 5.74) is 2.37. The fourth-order valence-electron chi connectivity index (χ4n) is 4.48. The Morgan fingerprint density at radius 1 is 1.00 bits per heavy atom. The average Bonchev–Trinajstić information content (AvgIpc) is 2.97. The average molecular weight is 573 g/mol. The van der Waals surface area contributed by atoms with Gasteiger partial charge in [0.05, 0.1) is 26.1 Å². The molecule has 0 radical (unpaired) electrons. The molecule has 1 atom stereocenters. The number of phenols is 1. The number of nitrogens with zero attached hydrogens (tertiary/aromatic N) is 2. The maximum absolute atomic E-state index is 13.1. The first kappa shape index (κ1) is 31.2. The molecule has 1 fully saturated rings. The number of amides is 1. The monoisotopic (exact) mass is 572 g/mol. The Bertz CT molecular complexity index is 1280. The van der Waals surface area contributed by atoms with E-state index >= 15 is 0 Å². The topological polar surface area (TPSA) is 106 Å². The van der Waals surface area contributed by atoms with E-state index in [0.29, 0.717) is 36.6 Å². The molecule has 0 aromatic heterocycles. The molecule has 1 saturated heterocycles. The number of benzene rings is 2. The SMILES string of the molecule is CCCCC(CS(=O)(=O)N1CCN(C(=O)/C=C/c2c(/C=C/c3ccc(O)cc3)cc(OC)cc2OC)CC1)OC. The number of carbonyl (C=O) groups is 1. The second kappa shape index (κ2) is 14.9. The highest BCUT2D eigenvalue weighted by Gasteiger charge is 2.30. The summed E-state index contributed by atoms with van der Waals surface area (Å²) < 4.78 is 43.7. The van der Waals surface area contributed by atoms with Gasteiger partial charge in [0.2, 0.25) is 15.9 Å². The summed E-state index contributed by atoms with van der Waals surface area (Å²) in [6, 6.07) is 10.4. The van der Waals surface area contributed by atoms with E-state index in [4.69, 9.17) is 14.2 Å². The predicted molar refractivity (Wildman–Crippen MR) is 158 cm³/mol. The van der Waals surface area contributed by atoms with Crippen LogP contribution in [0.15, 0.2) is 42.5 Å². The molecule has 0 saturated carbocycles. The van der Waals surface area contributed by atoms with Crippen LogP contribution in [0.3, 0.4) is 0 Å². The minimum absolute atomic E-state index is 0.0466. The highest BCUT2D eigenvalue weighted by molar-refractivity contribution is 7.89.